The number of carboxylic acids is 1. The van der Waals surface area contributed by atoms with Crippen LogP contribution in [0.4, 0.5) is 0 Å². The SMILES string of the molecule is CC(C)(C)c1cc(C(=O)Cn2c(=N)n(CCCC(=O)O)c3ccccc32)cc(C(C)(C)C)c1O. The Morgan fingerprint density at radius 2 is 1.41 bits per heavy atom. The molecule has 0 spiro atoms. The Morgan fingerprint density at radius 3 is 1.88 bits per heavy atom. The third-order valence-corrected chi connectivity index (χ3v) is 6.10. The Labute approximate surface area is 200 Å². The van der Waals surface area contributed by atoms with E-state index in [1.54, 1.807) is 21.3 Å². The van der Waals surface area contributed by atoms with Gasteiger partial charge in [0.05, 0.1) is 17.6 Å². The highest BCUT2D eigenvalue weighted by Crippen LogP contribution is 2.40. The number of aromatic nitrogens is 2. The van der Waals surface area contributed by atoms with Crippen molar-refractivity contribution in [2.45, 2.75) is 78.3 Å². The van der Waals surface area contributed by atoms with E-state index in [0.29, 0.717) is 18.5 Å². The number of imidazole rings is 1. The van der Waals surface area contributed by atoms with Crippen LogP contribution in [0.5, 0.6) is 5.75 Å². The number of nitrogens with one attached hydrogen (secondary N) is 1. The van der Waals surface area contributed by atoms with Crippen LogP contribution in [0.25, 0.3) is 11.0 Å². The second-order valence-electron chi connectivity index (χ2n) is 10.9. The molecule has 0 radical (unpaired) electrons. The van der Waals surface area contributed by atoms with Crippen LogP contribution in [0.1, 0.15) is 75.9 Å². The molecule has 0 fully saturated rings. The third-order valence-electron chi connectivity index (χ3n) is 6.10. The van der Waals surface area contributed by atoms with Gasteiger partial charge >= 0.3 is 5.97 Å². The summed E-state index contributed by atoms with van der Waals surface area (Å²) in [5.74, 6) is -0.800. The van der Waals surface area contributed by atoms with Gasteiger partial charge in [0.15, 0.2) is 5.78 Å². The number of hydrogen-bond donors (Lipinski definition) is 3. The predicted octanol–water partition coefficient (Wildman–Crippen LogP) is 4.97. The van der Waals surface area contributed by atoms with E-state index in [1.807, 2.05) is 65.8 Å². The molecule has 34 heavy (non-hydrogen) atoms. The minimum Gasteiger partial charge on any atom is -0.507 e. The molecule has 7 nitrogen and oxygen atoms in total. The number of ketones is 1. The first-order valence-electron chi connectivity index (χ1n) is 11.6. The van der Waals surface area contributed by atoms with Crippen LogP contribution in [0, 0.1) is 5.41 Å². The fourth-order valence-electron chi connectivity index (χ4n) is 4.24. The number of aliphatic carboxylic acids is 1. The van der Waals surface area contributed by atoms with E-state index in [-0.39, 0.29) is 40.9 Å². The van der Waals surface area contributed by atoms with Gasteiger partial charge in [0.25, 0.3) is 0 Å². The maximum atomic E-state index is 13.5. The lowest BCUT2D eigenvalue weighted by Gasteiger charge is -2.28. The molecular formula is C27H35N3O4. The Balaban J connectivity index is 2.07. The normalized spacial score (nSPS) is 12.3. The highest BCUT2D eigenvalue weighted by atomic mass is 16.4. The van der Waals surface area contributed by atoms with Crippen molar-refractivity contribution in [3.05, 3.63) is 58.7 Å². The summed E-state index contributed by atoms with van der Waals surface area (Å²) in [6.45, 7) is 12.4. The van der Waals surface area contributed by atoms with E-state index in [9.17, 15) is 14.7 Å². The molecule has 1 heterocycles. The van der Waals surface area contributed by atoms with Crippen LogP contribution in [-0.2, 0) is 28.7 Å². The monoisotopic (exact) mass is 465 g/mol. The first kappa shape index (κ1) is 25.3. The number of hydrogen-bond acceptors (Lipinski definition) is 4. The maximum Gasteiger partial charge on any atom is 0.303 e. The molecule has 0 bridgehead atoms. The molecule has 0 aliphatic rings. The number of rotatable bonds is 7. The average Bonchev–Trinajstić information content (AvgIpc) is 2.98. The van der Waals surface area contributed by atoms with Crippen LogP contribution >= 0.6 is 0 Å². The van der Waals surface area contributed by atoms with E-state index in [2.05, 4.69) is 0 Å². The maximum absolute atomic E-state index is 13.5. The number of Topliss-reactive ketones (excluding diaryl/α,β-unsaturated/α-hetero) is 1. The number of carboxylic acid groups (broad SMARTS) is 1. The average molecular weight is 466 g/mol. The molecule has 3 aromatic rings. The number of carbonyl (C=O) groups is 2. The van der Waals surface area contributed by atoms with Gasteiger partial charge in [0.1, 0.15) is 5.75 Å². The van der Waals surface area contributed by atoms with Gasteiger partial charge < -0.3 is 19.3 Å². The lowest BCUT2D eigenvalue weighted by molar-refractivity contribution is -0.137. The Morgan fingerprint density at radius 1 is 0.912 bits per heavy atom. The molecule has 0 saturated carbocycles. The molecule has 3 N–H and O–H groups in total. The standard InChI is InChI=1S/C27H35N3O4/c1-26(2,3)18-14-17(15-19(24(18)34)27(4,5)6)22(31)16-30-21-11-8-7-10-20(21)29(25(30)28)13-9-12-23(32)33/h7-8,10-11,14-15,28,34H,9,12-13,16H2,1-6H3,(H,32,33). The van der Waals surface area contributed by atoms with E-state index >= 15 is 0 Å². The molecule has 0 atom stereocenters. The summed E-state index contributed by atoms with van der Waals surface area (Å²) >= 11 is 0. The Bertz CT molecular complexity index is 1270. The van der Waals surface area contributed by atoms with Crippen LogP contribution in [-0.4, -0.2) is 31.1 Å². The molecule has 7 heteroatoms. The summed E-state index contributed by atoms with van der Waals surface area (Å²) in [4.78, 5) is 24.5. The van der Waals surface area contributed by atoms with Gasteiger partial charge in [-0.25, -0.2) is 0 Å². The topological polar surface area (TPSA) is 108 Å². The van der Waals surface area contributed by atoms with Crippen molar-refractivity contribution in [2.24, 2.45) is 0 Å². The number of fused-ring (bicyclic) bond motifs is 1. The zero-order chi connectivity index (χ0) is 25.4. The number of carbonyl (C=O) groups excluding carboxylic acids is 1. The van der Waals surface area contributed by atoms with Gasteiger partial charge in [-0.2, -0.15) is 0 Å². The summed E-state index contributed by atoms with van der Waals surface area (Å²) in [6, 6.07) is 11.0. The van der Waals surface area contributed by atoms with Crippen molar-refractivity contribution in [3.8, 4) is 5.75 Å². The van der Waals surface area contributed by atoms with Gasteiger partial charge in [-0.15, -0.1) is 0 Å². The van der Waals surface area contributed by atoms with Gasteiger partial charge in [-0.3, -0.25) is 15.0 Å². The summed E-state index contributed by atoms with van der Waals surface area (Å²) in [5, 5.41) is 28.7. The molecule has 0 aliphatic carbocycles. The second kappa shape index (κ2) is 9.12. The summed E-state index contributed by atoms with van der Waals surface area (Å²) < 4.78 is 3.42. The van der Waals surface area contributed by atoms with Crippen molar-refractivity contribution in [3.63, 3.8) is 0 Å². The fourth-order valence-corrected chi connectivity index (χ4v) is 4.24. The molecule has 0 unspecified atom stereocenters. The van der Waals surface area contributed by atoms with Crippen molar-refractivity contribution in [1.82, 2.24) is 9.13 Å². The molecule has 0 aliphatic heterocycles. The Kier molecular flexibility index (Phi) is 6.78. The van der Waals surface area contributed by atoms with Gasteiger partial charge in [0, 0.05) is 29.7 Å². The largest absolute Gasteiger partial charge is 0.507 e. The number of phenols is 1. The number of aryl methyl sites for hydroxylation is 1. The van der Waals surface area contributed by atoms with Crippen LogP contribution in [0.2, 0.25) is 0 Å². The first-order chi connectivity index (χ1) is 15.7. The smallest absolute Gasteiger partial charge is 0.303 e. The molecule has 1 aromatic heterocycles. The van der Waals surface area contributed by atoms with Crippen LogP contribution in [0.3, 0.4) is 0 Å². The van der Waals surface area contributed by atoms with E-state index < -0.39 is 5.97 Å². The summed E-state index contributed by atoms with van der Waals surface area (Å²) in [6.07, 6.45) is 0.416. The lowest BCUT2D eigenvalue weighted by Crippen LogP contribution is -2.28. The molecule has 3 rings (SSSR count). The highest BCUT2D eigenvalue weighted by molar-refractivity contribution is 5.97. The molecular weight excluding hydrogens is 430 g/mol. The van der Waals surface area contributed by atoms with Gasteiger partial charge in [-0.1, -0.05) is 53.7 Å². The third kappa shape index (κ3) is 5.08. The highest BCUT2D eigenvalue weighted by Gasteiger charge is 2.28. The zero-order valence-electron chi connectivity index (χ0n) is 20.9. The number of para-hydroxylation sites is 2. The van der Waals surface area contributed by atoms with E-state index in [0.717, 1.165) is 22.2 Å². The second-order valence-corrected chi connectivity index (χ2v) is 10.9. The van der Waals surface area contributed by atoms with Crippen LogP contribution < -0.4 is 5.62 Å². The molecule has 0 saturated heterocycles. The number of benzene rings is 2. The summed E-state index contributed by atoms with van der Waals surface area (Å²) in [5.41, 5.74) is 2.94. The Hall–Kier alpha value is -3.35. The summed E-state index contributed by atoms with van der Waals surface area (Å²) in [7, 11) is 0. The van der Waals surface area contributed by atoms with Crippen molar-refractivity contribution >= 4 is 22.8 Å². The number of aromatic hydroxyl groups is 1. The predicted molar refractivity (Wildman–Crippen MR) is 132 cm³/mol. The van der Waals surface area contributed by atoms with Crippen molar-refractivity contribution in [2.75, 3.05) is 0 Å². The van der Waals surface area contributed by atoms with Crippen molar-refractivity contribution in [1.29, 1.82) is 5.41 Å². The minimum absolute atomic E-state index is 0.0174. The van der Waals surface area contributed by atoms with E-state index in [4.69, 9.17) is 10.5 Å². The number of nitrogens with zero attached hydrogens (tertiary/aromatic N) is 2. The fraction of sp³-hybridized carbons (Fsp3) is 0.444. The molecule has 182 valence electrons. The quantitative estimate of drug-likeness (QED) is 0.428. The van der Waals surface area contributed by atoms with Crippen molar-refractivity contribution < 1.29 is 19.8 Å². The lowest BCUT2D eigenvalue weighted by atomic mass is 9.78. The van der Waals surface area contributed by atoms with Gasteiger partial charge in [0.2, 0.25) is 5.62 Å². The molecule has 0 amide bonds. The first-order valence-corrected chi connectivity index (χ1v) is 11.6. The number of phenolic OH excluding ortho intramolecular Hbond substituents is 1. The van der Waals surface area contributed by atoms with E-state index in [1.165, 1.54) is 0 Å². The van der Waals surface area contributed by atoms with Gasteiger partial charge in [-0.05, 0) is 41.5 Å². The minimum atomic E-state index is -0.873. The molecule has 2 aromatic carbocycles. The zero-order valence-corrected chi connectivity index (χ0v) is 20.9. The van der Waals surface area contributed by atoms with Crippen LogP contribution in [0.15, 0.2) is 36.4 Å².